The zero-order valence-electron chi connectivity index (χ0n) is 17.7. The minimum Gasteiger partial charge on any atom is -0.493 e. The van der Waals surface area contributed by atoms with Gasteiger partial charge in [-0.3, -0.25) is 9.69 Å². The highest BCUT2D eigenvalue weighted by molar-refractivity contribution is 5.78. The van der Waals surface area contributed by atoms with Gasteiger partial charge < -0.3 is 24.3 Å². The number of halogens is 2. The summed E-state index contributed by atoms with van der Waals surface area (Å²) in [5.74, 6) is 1.41. The first-order valence-corrected chi connectivity index (χ1v) is 9.85. The van der Waals surface area contributed by atoms with Crippen LogP contribution in [-0.2, 0) is 11.3 Å². The van der Waals surface area contributed by atoms with Gasteiger partial charge in [0.05, 0.1) is 19.7 Å². The molecule has 1 aliphatic heterocycles. The predicted molar refractivity (Wildman–Crippen MR) is 110 cm³/mol. The van der Waals surface area contributed by atoms with Gasteiger partial charge in [0.2, 0.25) is 5.91 Å². The number of alkyl halides is 2. The van der Waals surface area contributed by atoms with E-state index in [1.54, 1.807) is 19.2 Å². The first-order chi connectivity index (χ1) is 14.9. The minimum absolute atomic E-state index is 0.0325. The van der Waals surface area contributed by atoms with Crippen LogP contribution in [0.2, 0.25) is 0 Å². The van der Waals surface area contributed by atoms with Gasteiger partial charge in [0.15, 0.2) is 23.0 Å². The molecule has 1 unspecified atom stereocenters. The Morgan fingerprint density at radius 2 is 1.87 bits per heavy atom. The first-order valence-electron chi connectivity index (χ1n) is 9.85. The summed E-state index contributed by atoms with van der Waals surface area (Å²) in [6.07, 6.45) is 0. The second-order valence-electron chi connectivity index (χ2n) is 7.23. The molecule has 1 amide bonds. The summed E-state index contributed by atoms with van der Waals surface area (Å²) in [7, 11) is 3.18. The number of ether oxygens (including phenoxy) is 4. The Morgan fingerprint density at radius 1 is 1.13 bits per heavy atom. The molecule has 0 aliphatic carbocycles. The third kappa shape index (κ3) is 6.21. The van der Waals surface area contributed by atoms with Crippen LogP contribution in [0, 0.1) is 0 Å². The Balaban J connectivity index is 1.54. The second kappa shape index (κ2) is 10.3. The van der Waals surface area contributed by atoms with E-state index in [0.717, 1.165) is 11.1 Å². The summed E-state index contributed by atoms with van der Waals surface area (Å²) in [4.78, 5) is 14.3. The van der Waals surface area contributed by atoms with E-state index < -0.39 is 6.61 Å². The Bertz CT molecular complexity index is 909. The van der Waals surface area contributed by atoms with E-state index in [1.807, 2.05) is 30.0 Å². The molecule has 2 aromatic carbocycles. The normalized spacial score (nSPS) is 13.8. The third-order valence-corrected chi connectivity index (χ3v) is 4.75. The molecular weight excluding hydrogens is 410 g/mol. The number of nitrogens with zero attached hydrogens (tertiary/aromatic N) is 1. The number of hydrogen-bond donors (Lipinski definition) is 1. The average molecular weight is 436 g/mol. The van der Waals surface area contributed by atoms with Crippen LogP contribution < -0.4 is 24.3 Å². The van der Waals surface area contributed by atoms with Gasteiger partial charge in [-0.25, -0.2) is 0 Å². The Hall–Kier alpha value is -3.07. The molecule has 0 aromatic heterocycles. The van der Waals surface area contributed by atoms with Crippen LogP contribution >= 0.6 is 0 Å². The number of benzene rings is 2. The molecule has 0 saturated heterocycles. The maximum absolute atomic E-state index is 12.5. The lowest BCUT2D eigenvalue weighted by atomic mass is 10.1. The molecule has 7 nitrogen and oxygen atoms in total. The number of carbonyl (C=O) groups is 1. The highest BCUT2D eigenvalue weighted by Gasteiger charge is 2.17. The summed E-state index contributed by atoms with van der Waals surface area (Å²) in [6.45, 7) is 0.586. The summed E-state index contributed by atoms with van der Waals surface area (Å²) in [5, 5.41) is 2.97. The zero-order chi connectivity index (χ0) is 22.4. The SMILES string of the molecule is COc1cc(CN(C)CC(=O)NC(C)c2ccc3c(c2)OCCO3)ccc1OC(F)F. The Labute approximate surface area is 179 Å². The molecule has 0 saturated carbocycles. The molecule has 0 fully saturated rings. The fourth-order valence-corrected chi connectivity index (χ4v) is 3.32. The van der Waals surface area contributed by atoms with Gasteiger partial charge in [-0.05, 0) is 49.4 Å². The summed E-state index contributed by atoms with van der Waals surface area (Å²) in [6, 6.07) is 10.1. The van der Waals surface area contributed by atoms with Crippen LogP contribution in [0.25, 0.3) is 0 Å². The van der Waals surface area contributed by atoms with Crippen LogP contribution in [0.4, 0.5) is 8.78 Å². The number of likely N-dealkylation sites (N-methyl/N-ethyl adjacent to an activating group) is 1. The van der Waals surface area contributed by atoms with Gasteiger partial charge in [0.1, 0.15) is 13.2 Å². The van der Waals surface area contributed by atoms with Crippen molar-refractivity contribution in [3.05, 3.63) is 47.5 Å². The van der Waals surface area contributed by atoms with Crippen LogP contribution in [0.15, 0.2) is 36.4 Å². The molecule has 1 atom stereocenters. The number of methoxy groups -OCH3 is 1. The van der Waals surface area contributed by atoms with Crippen molar-refractivity contribution in [2.24, 2.45) is 0 Å². The number of carbonyl (C=O) groups excluding carboxylic acids is 1. The van der Waals surface area contributed by atoms with E-state index in [1.165, 1.54) is 13.2 Å². The van der Waals surface area contributed by atoms with Crippen molar-refractivity contribution in [1.82, 2.24) is 10.2 Å². The fraction of sp³-hybridized carbons (Fsp3) is 0.409. The number of amides is 1. The number of nitrogens with one attached hydrogen (secondary N) is 1. The lowest BCUT2D eigenvalue weighted by molar-refractivity contribution is -0.122. The minimum atomic E-state index is -2.93. The van der Waals surface area contributed by atoms with E-state index in [9.17, 15) is 13.6 Å². The molecule has 0 radical (unpaired) electrons. The molecular formula is C22H26F2N2O5. The molecule has 3 rings (SSSR count). The van der Waals surface area contributed by atoms with E-state index in [4.69, 9.17) is 14.2 Å². The van der Waals surface area contributed by atoms with Crippen LogP contribution in [0.3, 0.4) is 0 Å². The molecule has 1 aliphatic rings. The van der Waals surface area contributed by atoms with E-state index in [-0.39, 0.29) is 30.0 Å². The molecule has 0 spiro atoms. The van der Waals surface area contributed by atoms with Crippen molar-refractivity contribution in [1.29, 1.82) is 0 Å². The lowest BCUT2D eigenvalue weighted by Gasteiger charge is -2.22. The van der Waals surface area contributed by atoms with Crippen molar-refractivity contribution in [2.75, 3.05) is 33.9 Å². The molecule has 2 aromatic rings. The number of fused-ring (bicyclic) bond motifs is 1. The van der Waals surface area contributed by atoms with Crippen molar-refractivity contribution in [3.63, 3.8) is 0 Å². The van der Waals surface area contributed by atoms with Crippen molar-refractivity contribution >= 4 is 5.91 Å². The summed E-state index contributed by atoms with van der Waals surface area (Å²) < 4.78 is 45.6. The molecule has 1 heterocycles. The molecule has 0 bridgehead atoms. The summed E-state index contributed by atoms with van der Waals surface area (Å²) in [5.41, 5.74) is 1.72. The Morgan fingerprint density at radius 3 is 2.58 bits per heavy atom. The number of rotatable bonds is 9. The fourth-order valence-electron chi connectivity index (χ4n) is 3.32. The van der Waals surface area contributed by atoms with Gasteiger partial charge in [-0.2, -0.15) is 8.78 Å². The van der Waals surface area contributed by atoms with Crippen LogP contribution in [-0.4, -0.2) is 51.3 Å². The smallest absolute Gasteiger partial charge is 0.387 e. The second-order valence-corrected chi connectivity index (χ2v) is 7.23. The van der Waals surface area contributed by atoms with Gasteiger partial charge in [0.25, 0.3) is 0 Å². The quantitative estimate of drug-likeness (QED) is 0.650. The molecule has 1 N–H and O–H groups in total. The van der Waals surface area contributed by atoms with E-state index >= 15 is 0 Å². The number of hydrogen-bond acceptors (Lipinski definition) is 6. The average Bonchev–Trinajstić information content (AvgIpc) is 2.73. The van der Waals surface area contributed by atoms with Gasteiger partial charge >= 0.3 is 6.61 Å². The third-order valence-electron chi connectivity index (χ3n) is 4.75. The highest BCUT2D eigenvalue weighted by Crippen LogP contribution is 2.32. The first kappa shape index (κ1) is 22.6. The van der Waals surface area contributed by atoms with Crippen molar-refractivity contribution in [3.8, 4) is 23.0 Å². The topological polar surface area (TPSA) is 69.3 Å². The lowest BCUT2D eigenvalue weighted by Crippen LogP contribution is -2.36. The van der Waals surface area contributed by atoms with Gasteiger partial charge in [-0.15, -0.1) is 0 Å². The molecule has 31 heavy (non-hydrogen) atoms. The zero-order valence-corrected chi connectivity index (χ0v) is 17.7. The highest BCUT2D eigenvalue weighted by atomic mass is 19.3. The molecule has 9 heteroatoms. The largest absolute Gasteiger partial charge is 0.493 e. The molecule has 168 valence electrons. The van der Waals surface area contributed by atoms with Crippen LogP contribution in [0.5, 0.6) is 23.0 Å². The predicted octanol–water partition coefficient (Wildman–Crippen LogP) is 3.38. The monoisotopic (exact) mass is 436 g/mol. The summed E-state index contributed by atoms with van der Waals surface area (Å²) >= 11 is 0. The van der Waals surface area contributed by atoms with E-state index in [0.29, 0.717) is 31.3 Å². The van der Waals surface area contributed by atoms with E-state index in [2.05, 4.69) is 10.1 Å². The van der Waals surface area contributed by atoms with Gasteiger partial charge in [-0.1, -0.05) is 12.1 Å². The maximum Gasteiger partial charge on any atom is 0.387 e. The Kier molecular flexibility index (Phi) is 7.51. The standard InChI is InChI=1S/C22H26F2N2O5/c1-14(16-5-7-17-20(11-16)30-9-8-29-17)25-21(27)13-26(2)12-15-4-6-18(31-22(23)24)19(10-15)28-3/h4-7,10-11,14,22H,8-9,12-13H2,1-3H3,(H,25,27). The maximum atomic E-state index is 12.5. The van der Waals surface area contributed by atoms with Crippen LogP contribution in [0.1, 0.15) is 24.1 Å². The van der Waals surface area contributed by atoms with Gasteiger partial charge in [0, 0.05) is 6.54 Å². The van der Waals surface area contributed by atoms with Crippen molar-refractivity contribution in [2.45, 2.75) is 26.1 Å². The van der Waals surface area contributed by atoms with Crippen molar-refractivity contribution < 1.29 is 32.5 Å².